The topological polar surface area (TPSA) is 97.4 Å². The summed E-state index contributed by atoms with van der Waals surface area (Å²) in [7, 11) is -1.67. The van der Waals surface area contributed by atoms with Gasteiger partial charge in [0.25, 0.3) is 0 Å². The summed E-state index contributed by atoms with van der Waals surface area (Å²) in [6.45, 7) is 4.81. The van der Waals surface area contributed by atoms with Gasteiger partial charge in [0.15, 0.2) is 0 Å². The molecule has 1 amide bonds. The minimum atomic E-state index is -3.54. The standard InChI is InChI=1S/C20H26N4O4S/c1-4-24(5-2)29(26,27)16-8-9-18-17(13-16)22-19(23(18)3)10-11-20(25)21-14-15-7-6-12-28-15/h6-9,12-13H,4-5,10-11,14H2,1-3H3,(H,21,25). The summed E-state index contributed by atoms with van der Waals surface area (Å²) >= 11 is 0. The van der Waals surface area contributed by atoms with Crippen molar-refractivity contribution in [1.29, 1.82) is 0 Å². The van der Waals surface area contributed by atoms with Crippen molar-refractivity contribution in [1.82, 2.24) is 19.2 Å². The molecular weight excluding hydrogens is 392 g/mol. The van der Waals surface area contributed by atoms with Gasteiger partial charge >= 0.3 is 0 Å². The fourth-order valence-electron chi connectivity index (χ4n) is 3.24. The highest BCUT2D eigenvalue weighted by Crippen LogP contribution is 2.22. The van der Waals surface area contributed by atoms with Crippen LogP contribution in [0.15, 0.2) is 45.9 Å². The van der Waals surface area contributed by atoms with E-state index >= 15 is 0 Å². The third-order valence-corrected chi connectivity index (χ3v) is 6.95. The Labute approximate surface area is 170 Å². The van der Waals surface area contributed by atoms with Gasteiger partial charge in [0, 0.05) is 33.0 Å². The molecule has 0 radical (unpaired) electrons. The number of hydrogen-bond donors (Lipinski definition) is 1. The fraction of sp³-hybridized carbons (Fsp3) is 0.400. The molecule has 3 rings (SSSR count). The first-order chi connectivity index (χ1) is 13.9. The van der Waals surface area contributed by atoms with E-state index in [2.05, 4.69) is 10.3 Å². The van der Waals surface area contributed by atoms with Gasteiger partial charge in [0.2, 0.25) is 15.9 Å². The minimum Gasteiger partial charge on any atom is -0.467 e. The van der Waals surface area contributed by atoms with Crippen LogP contribution in [0.3, 0.4) is 0 Å². The van der Waals surface area contributed by atoms with Crippen LogP contribution in [0.25, 0.3) is 11.0 Å². The Balaban J connectivity index is 1.73. The molecular formula is C20H26N4O4S. The highest BCUT2D eigenvalue weighted by atomic mass is 32.2. The largest absolute Gasteiger partial charge is 0.467 e. The Bertz CT molecular complexity index is 1080. The molecule has 0 aliphatic rings. The van der Waals surface area contributed by atoms with E-state index in [0.717, 1.165) is 11.3 Å². The SMILES string of the molecule is CCN(CC)S(=O)(=O)c1ccc2c(c1)nc(CCC(=O)NCc1ccco1)n2C. The lowest BCUT2D eigenvalue weighted by molar-refractivity contribution is -0.121. The zero-order chi connectivity index (χ0) is 21.0. The maximum atomic E-state index is 12.7. The summed E-state index contributed by atoms with van der Waals surface area (Å²) in [6, 6.07) is 8.55. The van der Waals surface area contributed by atoms with E-state index in [0.29, 0.717) is 37.3 Å². The summed E-state index contributed by atoms with van der Waals surface area (Å²) in [4.78, 5) is 16.9. The number of fused-ring (bicyclic) bond motifs is 1. The highest BCUT2D eigenvalue weighted by molar-refractivity contribution is 7.89. The molecule has 2 aromatic heterocycles. The van der Waals surface area contributed by atoms with Gasteiger partial charge < -0.3 is 14.3 Å². The van der Waals surface area contributed by atoms with Crippen molar-refractivity contribution in [2.24, 2.45) is 7.05 Å². The van der Waals surface area contributed by atoms with Crippen LogP contribution in [0.4, 0.5) is 0 Å². The average Bonchev–Trinajstić information content (AvgIpc) is 3.33. The van der Waals surface area contributed by atoms with Crippen LogP contribution in [0, 0.1) is 0 Å². The zero-order valence-corrected chi connectivity index (χ0v) is 17.7. The molecule has 0 atom stereocenters. The molecule has 0 saturated carbocycles. The predicted octanol–water partition coefficient (Wildman–Crippen LogP) is 2.45. The predicted molar refractivity (Wildman–Crippen MR) is 110 cm³/mol. The summed E-state index contributed by atoms with van der Waals surface area (Å²) in [6.07, 6.45) is 2.30. The summed E-state index contributed by atoms with van der Waals surface area (Å²) in [5, 5.41) is 2.81. The monoisotopic (exact) mass is 418 g/mol. The Kier molecular flexibility index (Phi) is 6.39. The molecule has 3 aromatic rings. The van der Waals surface area contributed by atoms with Crippen LogP contribution in [0.5, 0.6) is 0 Å². The molecule has 29 heavy (non-hydrogen) atoms. The first kappa shape index (κ1) is 21.1. The number of nitrogens with one attached hydrogen (secondary N) is 1. The van der Waals surface area contributed by atoms with Crippen molar-refractivity contribution in [3.8, 4) is 0 Å². The van der Waals surface area contributed by atoms with Crippen LogP contribution in [-0.2, 0) is 34.8 Å². The number of rotatable bonds is 9. The molecule has 2 heterocycles. The van der Waals surface area contributed by atoms with Crippen molar-refractivity contribution in [3.05, 3.63) is 48.2 Å². The molecule has 0 saturated heterocycles. The van der Waals surface area contributed by atoms with Gasteiger partial charge in [-0.3, -0.25) is 4.79 Å². The van der Waals surface area contributed by atoms with Crippen molar-refractivity contribution in [3.63, 3.8) is 0 Å². The van der Waals surface area contributed by atoms with Gasteiger partial charge in [-0.1, -0.05) is 13.8 Å². The number of imidazole rings is 1. The lowest BCUT2D eigenvalue weighted by Gasteiger charge is -2.18. The van der Waals surface area contributed by atoms with Gasteiger partial charge in [0.1, 0.15) is 11.6 Å². The Hall–Kier alpha value is -2.65. The molecule has 0 aliphatic heterocycles. The third-order valence-electron chi connectivity index (χ3n) is 4.90. The van der Waals surface area contributed by atoms with Crippen LogP contribution >= 0.6 is 0 Å². The van der Waals surface area contributed by atoms with E-state index in [1.165, 1.54) is 4.31 Å². The van der Waals surface area contributed by atoms with E-state index in [1.54, 1.807) is 36.6 Å². The number of sulfonamides is 1. The van der Waals surface area contributed by atoms with Crippen LogP contribution in [-0.4, -0.2) is 41.3 Å². The van der Waals surface area contributed by atoms with E-state index in [-0.39, 0.29) is 17.2 Å². The normalized spacial score (nSPS) is 12.0. The van der Waals surface area contributed by atoms with Crippen LogP contribution in [0.1, 0.15) is 31.9 Å². The third kappa shape index (κ3) is 4.51. The first-order valence-corrected chi connectivity index (χ1v) is 11.0. The maximum absolute atomic E-state index is 12.7. The number of hydrogen-bond acceptors (Lipinski definition) is 5. The second kappa shape index (κ2) is 8.79. The van der Waals surface area contributed by atoms with Crippen LogP contribution in [0.2, 0.25) is 0 Å². The van der Waals surface area contributed by atoms with Gasteiger partial charge in [-0.15, -0.1) is 0 Å². The summed E-state index contributed by atoms with van der Waals surface area (Å²) < 4.78 is 34.0. The van der Waals surface area contributed by atoms with Crippen molar-refractivity contribution in [2.75, 3.05) is 13.1 Å². The van der Waals surface area contributed by atoms with Crippen molar-refractivity contribution in [2.45, 2.75) is 38.1 Å². The lowest BCUT2D eigenvalue weighted by Crippen LogP contribution is -2.30. The molecule has 156 valence electrons. The number of carbonyl (C=O) groups is 1. The molecule has 0 spiro atoms. The summed E-state index contributed by atoms with van der Waals surface area (Å²) in [5.74, 6) is 1.33. The molecule has 9 heteroatoms. The number of benzene rings is 1. The Morgan fingerprint density at radius 2 is 2.00 bits per heavy atom. The average molecular weight is 419 g/mol. The number of aryl methyl sites for hydroxylation is 2. The maximum Gasteiger partial charge on any atom is 0.243 e. The van der Waals surface area contributed by atoms with Gasteiger partial charge in [-0.2, -0.15) is 4.31 Å². The minimum absolute atomic E-state index is 0.0988. The number of aromatic nitrogens is 2. The van der Waals surface area contributed by atoms with Gasteiger partial charge in [-0.25, -0.2) is 13.4 Å². The first-order valence-electron chi connectivity index (χ1n) is 9.61. The molecule has 0 unspecified atom stereocenters. The number of furan rings is 1. The van der Waals surface area contributed by atoms with Crippen molar-refractivity contribution >= 4 is 27.0 Å². The number of amides is 1. The Morgan fingerprint density at radius 3 is 2.66 bits per heavy atom. The highest BCUT2D eigenvalue weighted by Gasteiger charge is 2.22. The quantitative estimate of drug-likeness (QED) is 0.576. The van der Waals surface area contributed by atoms with E-state index < -0.39 is 10.0 Å². The lowest BCUT2D eigenvalue weighted by atomic mass is 10.3. The van der Waals surface area contributed by atoms with Crippen molar-refractivity contribution < 1.29 is 17.6 Å². The Morgan fingerprint density at radius 1 is 1.24 bits per heavy atom. The zero-order valence-electron chi connectivity index (χ0n) is 16.9. The molecule has 8 nitrogen and oxygen atoms in total. The van der Waals surface area contributed by atoms with E-state index in [9.17, 15) is 13.2 Å². The summed E-state index contributed by atoms with van der Waals surface area (Å²) in [5.41, 5.74) is 1.43. The number of nitrogens with zero attached hydrogens (tertiary/aromatic N) is 3. The molecule has 1 aromatic carbocycles. The molecule has 0 bridgehead atoms. The van der Waals surface area contributed by atoms with Crippen LogP contribution < -0.4 is 5.32 Å². The van der Waals surface area contributed by atoms with E-state index in [4.69, 9.17) is 4.42 Å². The second-order valence-electron chi connectivity index (χ2n) is 6.68. The fourth-order valence-corrected chi connectivity index (χ4v) is 4.72. The molecule has 1 N–H and O–H groups in total. The smallest absolute Gasteiger partial charge is 0.243 e. The number of carbonyl (C=O) groups excluding carboxylic acids is 1. The van der Waals surface area contributed by atoms with Gasteiger partial charge in [0.05, 0.1) is 28.7 Å². The second-order valence-corrected chi connectivity index (χ2v) is 8.62. The molecule has 0 fully saturated rings. The van der Waals surface area contributed by atoms with E-state index in [1.807, 2.05) is 25.5 Å². The molecule has 0 aliphatic carbocycles. The van der Waals surface area contributed by atoms with Gasteiger partial charge in [-0.05, 0) is 30.3 Å².